The predicted octanol–water partition coefficient (Wildman–Crippen LogP) is 2.28. The van der Waals surface area contributed by atoms with E-state index in [0.29, 0.717) is 31.2 Å². The fraction of sp³-hybridized carbons (Fsp3) is 0.421. The number of hydrogen-bond acceptors (Lipinski definition) is 5. The number of benzene rings is 1. The number of nitrogens with one attached hydrogen (secondary N) is 1. The number of nitrogens with zero attached hydrogens (tertiary/aromatic N) is 5. The van der Waals surface area contributed by atoms with Crippen LogP contribution < -0.4 is 10.2 Å². The van der Waals surface area contributed by atoms with E-state index in [4.69, 9.17) is 11.6 Å². The highest BCUT2D eigenvalue weighted by Gasteiger charge is 2.26. The van der Waals surface area contributed by atoms with E-state index in [2.05, 4.69) is 15.3 Å². The minimum Gasteiger partial charge on any atom is -0.354 e. The Balaban J connectivity index is 1.53. The van der Waals surface area contributed by atoms with Gasteiger partial charge in [0.2, 0.25) is 5.91 Å². The van der Waals surface area contributed by atoms with Crippen molar-refractivity contribution in [2.75, 3.05) is 45.7 Å². The largest absolute Gasteiger partial charge is 0.354 e. The fourth-order valence-electron chi connectivity index (χ4n) is 2.95. The molecule has 3 rings (SSSR count). The third-order valence-corrected chi connectivity index (χ3v) is 5.78. The van der Waals surface area contributed by atoms with Crippen LogP contribution in [0.2, 0.25) is 5.02 Å². The van der Waals surface area contributed by atoms with E-state index in [-0.39, 0.29) is 5.91 Å². The molecule has 2 aromatic rings. The number of halogens is 1. The van der Waals surface area contributed by atoms with Gasteiger partial charge < -0.3 is 20.0 Å². The molecule has 0 bridgehead atoms. The van der Waals surface area contributed by atoms with Crippen molar-refractivity contribution in [1.29, 1.82) is 0 Å². The first-order valence-corrected chi connectivity index (χ1v) is 10.3. The standard InChI is InChI=1S/C19H25ClN6OS/c1-21-18(22-10-16-13-28-19(23-16)24(2)3)26-9-8-25(17(27)12-26)11-14-4-6-15(20)7-5-14/h4-7,13H,8-12H2,1-3H3,(H,21,22). The number of amides is 1. The van der Waals surface area contributed by atoms with Crippen molar-refractivity contribution in [2.24, 2.45) is 4.99 Å². The lowest BCUT2D eigenvalue weighted by atomic mass is 10.2. The van der Waals surface area contributed by atoms with Gasteiger partial charge in [0.05, 0.1) is 18.8 Å². The molecule has 9 heteroatoms. The van der Waals surface area contributed by atoms with E-state index >= 15 is 0 Å². The Morgan fingerprint density at radius 3 is 2.68 bits per heavy atom. The molecule has 0 aliphatic carbocycles. The first-order valence-electron chi connectivity index (χ1n) is 9.06. The SMILES string of the molecule is CN=C(NCc1csc(N(C)C)n1)N1CCN(Cc2ccc(Cl)cc2)C(=O)C1. The van der Waals surface area contributed by atoms with Crippen LogP contribution in [0.25, 0.3) is 0 Å². The number of guanidine groups is 1. The van der Waals surface area contributed by atoms with Gasteiger partial charge in [0.15, 0.2) is 11.1 Å². The maximum Gasteiger partial charge on any atom is 0.242 e. The summed E-state index contributed by atoms with van der Waals surface area (Å²) in [6, 6.07) is 7.61. The average molecular weight is 421 g/mol. The van der Waals surface area contributed by atoms with E-state index in [0.717, 1.165) is 28.9 Å². The molecule has 0 saturated carbocycles. The van der Waals surface area contributed by atoms with Crippen LogP contribution in [0.1, 0.15) is 11.3 Å². The Hall–Kier alpha value is -2.32. The Kier molecular flexibility index (Phi) is 6.74. The highest BCUT2D eigenvalue weighted by atomic mass is 35.5. The molecule has 150 valence electrons. The van der Waals surface area contributed by atoms with Crippen molar-refractivity contribution in [3.63, 3.8) is 0 Å². The molecular formula is C19H25ClN6OS. The van der Waals surface area contributed by atoms with E-state index in [1.807, 2.05) is 58.4 Å². The minimum absolute atomic E-state index is 0.0905. The van der Waals surface area contributed by atoms with Gasteiger partial charge in [-0.05, 0) is 17.7 Å². The van der Waals surface area contributed by atoms with Crippen LogP contribution in [0.4, 0.5) is 5.13 Å². The molecule has 2 heterocycles. The van der Waals surface area contributed by atoms with Crippen molar-refractivity contribution >= 4 is 39.9 Å². The molecular weight excluding hydrogens is 396 g/mol. The molecule has 0 unspecified atom stereocenters. The molecule has 1 aromatic heterocycles. The van der Waals surface area contributed by atoms with Gasteiger partial charge in [-0.2, -0.15) is 0 Å². The monoisotopic (exact) mass is 420 g/mol. The van der Waals surface area contributed by atoms with Crippen molar-refractivity contribution < 1.29 is 4.79 Å². The summed E-state index contributed by atoms with van der Waals surface area (Å²) < 4.78 is 0. The third kappa shape index (κ3) is 5.14. The van der Waals surface area contributed by atoms with E-state index in [9.17, 15) is 4.79 Å². The summed E-state index contributed by atoms with van der Waals surface area (Å²) in [6.07, 6.45) is 0. The number of carbonyl (C=O) groups excluding carboxylic acids is 1. The van der Waals surface area contributed by atoms with Crippen LogP contribution >= 0.6 is 22.9 Å². The first kappa shape index (κ1) is 20.4. The van der Waals surface area contributed by atoms with Gasteiger partial charge in [-0.1, -0.05) is 23.7 Å². The second-order valence-electron chi connectivity index (χ2n) is 6.78. The van der Waals surface area contributed by atoms with Crippen molar-refractivity contribution in [3.8, 4) is 0 Å². The second-order valence-corrected chi connectivity index (χ2v) is 8.05. The van der Waals surface area contributed by atoms with Crippen LogP contribution in [0, 0.1) is 0 Å². The summed E-state index contributed by atoms with van der Waals surface area (Å²) in [5.74, 6) is 0.812. The average Bonchev–Trinajstić information content (AvgIpc) is 3.15. The van der Waals surface area contributed by atoms with Crippen molar-refractivity contribution in [2.45, 2.75) is 13.1 Å². The number of piperazine rings is 1. The van der Waals surface area contributed by atoms with E-state index in [1.54, 1.807) is 18.4 Å². The molecule has 1 aliphatic rings. The Morgan fingerprint density at radius 1 is 1.32 bits per heavy atom. The zero-order valence-corrected chi connectivity index (χ0v) is 17.9. The number of hydrogen-bond donors (Lipinski definition) is 1. The molecule has 0 spiro atoms. The topological polar surface area (TPSA) is 64.1 Å². The summed E-state index contributed by atoms with van der Waals surface area (Å²) in [5.41, 5.74) is 2.04. The first-order chi connectivity index (χ1) is 13.5. The number of thiazole rings is 1. The van der Waals surface area contributed by atoms with Crippen molar-refractivity contribution in [3.05, 3.63) is 45.9 Å². The van der Waals surface area contributed by atoms with Gasteiger partial charge in [-0.15, -0.1) is 11.3 Å². The summed E-state index contributed by atoms with van der Waals surface area (Å²) in [6.45, 7) is 2.88. The number of anilines is 1. The van der Waals surface area contributed by atoms with Gasteiger partial charge >= 0.3 is 0 Å². The molecule has 28 heavy (non-hydrogen) atoms. The van der Waals surface area contributed by atoms with Crippen LogP contribution in [-0.2, 0) is 17.9 Å². The number of aromatic nitrogens is 1. The molecule has 1 amide bonds. The summed E-state index contributed by atoms with van der Waals surface area (Å²) in [5, 5.41) is 7.02. The molecule has 0 radical (unpaired) electrons. The zero-order chi connectivity index (χ0) is 20.1. The normalized spacial score (nSPS) is 15.1. The zero-order valence-electron chi connectivity index (χ0n) is 16.4. The smallest absolute Gasteiger partial charge is 0.242 e. The molecule has 1 aliphatic heterocycles. The molecule has 1 saturated heterocycles. The summed E-state index contributed by atoms with van der Waals surface area (Å²) >= 11 is 7.54. The maximum absolute atomic E-state index is 12.6. The number of aliphatic imine (C=N–C) groups is 1. The second kappa shape index (κ2) is 9.25. The van der Waals surface area contributed by atoms with Gasteiger partial charge in [-0.25, -0.2) is 4.98 Å². The highest BCUT2D eigenvalue weighted by Crippen LogP contribution is 2.18. The van der Waals surface area contributed by atoms with Gasteiger partial charge in [0, 0.05) is 51.2 Å². The third-order valence-electron chi connectivity index (χ3n) is 4.47. The van der Waals surface area contributed by atoms with Gasteiger partial charge in [0.25, 0.3) is 0 Å². The van der Waals surface area contributed by atoms with Crippen LogP contribution in [0.3, 0.4) is 0 Å². The van der Waals surface area contributed by atoms with Crippen LogP contribution in [0.5, 0.6) is 0 Å². The fourth-order valence-corrected chi connectivity index (χ4v) is 3.84. The minimum atomic E-state index is 0.0905. The molecule has 1 fully saturated rings. The lowest BCUT2D eigenvalue weighted by molar-refractivity contribution is -0.135. The highest BCUT2D eigenvalue weighted by molar-refractivity contribution is 7.13. The van der Waals surface area contributed by atoms with Gasteiger partial charge in [0.1, 0.15) is 0 Å². The maximum atomic E-state index is 12.6. The molecule has 1 N–H and O–H groups in total. The lowest BCUT2D eigenvalue weighted by Crippen LogP contribution is -2.54. The Bertz CT molecular complexity index is 835. The Labute approximate surface area is 174 Å². The quantitative estimate of drug-likeness (QED) is 0.594. The lowest BCUT2D eigenvalue weighted by Gasteiger charge is -2.36. The number of rotatable bonds is 5. The van der Waals surface area contributed by atoms with Crippen LogP contribution in [-0.4, -0.2) is 67.4 Å². The molecule has 0 atom stereocenters. The molecule has 7 nitrogen and oxygen atoms in total. The van der Waals surface area contributed by atoms with Crippen LogP contribution in [0.15, 0.2) is 34.6 Å². The molecule has 1 aromatic carbocycles. The van der Waals surface area contributed by atoms with E-state index in [1.165, 1.54) is 0 Å². The predicted molar refractivity (Wildman–Crippen MR) is 115 cm³/mol. The van der Waals surface area contributed by atoms with Gasteiger partial charge in [-0.3, -0.25) is 9.79 Å². The van der Waals surface area contributed by atoms with E-state index < -0.39 is 0 Å². The number of carbonyl (C=O) groups is 1. The summed E-state index contributed by atoms with van der Waals surface area (Å²) in [4.78, 5) is 27.4. The van der Waals surface area contributed by atoms with Crippen molar-refractivity contribution in [1.82, 2.24) is 20.1 Å². The summed E-state index contributed by atoms with van der Waals surface area (Å²) in [7, 11) is 5.69. The Morgan fingerprint density at radius 2 is 2.07 bits per heavy atom.